The van der Waals surface area contributed by atoms with Gasteiger partial charge in [0.15, 0.2) is 0 Å². The maximum atomic E-state index is 11.9. The van der Waals surface area contributed by atoms with Crippen LogP contribution in [0.15, 0.2) is 22.8 Å². The minimum atomic E-state index is -0.0448. The molecule has 1 aromatic rings. The Morgan fingerprint density at radius 3 is 3.05 bits per heavy atom. The lowest BCUT2D eigenvalue weighted by Gasteiger charge is -2.34. The predicted molar refractivity (Wildman–Crippen MR) is 78.8 cm³/mol. The van der Waals surface area contributed by atoms with Gasteiger partial charge in [0.2, 0.25) is 5.91 Å². The van der Waals surface area contributed by atoms with Crippen LogP contribution in [-0.4, -0.2) is 41.5 Å². The first-order chi connectivity index (χ1) is 9.04. The number of aromatic nitrogens is 1. The van der Waals surface area contributed by atoms with Crippen LogP contribution in [0.4, 0.5) is 5.82 Å². The molecule has 3 N–H and O–H groups in total. The third-order valence-electron chi connectivity index (χ3n) is 3.46. The number of nitrogens with two attached hydrogens (primary N) is 1. The molecule has 2 heterocycles. The molecule has 0 bridgehead atoms. The van der Waals surface area contributed by atoms with Gasteiger partial charge in [0.25, 0.3) is 0 Å². The van der Waals surface area contributed by atoms with Crippen molar-refractivity contribution in [3.8, 4) is 0 Å². The molecule has 0 spiro atoms. The molecular formula is C13H19BrN4O. The van der Waals surface area contributed by atoms with Gasteiger partial charge in [-0.3, -0.25) is 9.69 Å². The maximum absolute atomic E-state index is 11.9. The number of carbonyl (C=O) groups is 1. The van der Waals surface area contributed by atoms with E-state index in [0.29, 0.717) is 18.3 Å². The Morgan fingerprint density at radius 2 is 2.42 bits per heavy atom. The number of nitrogens with one attached hydrogen (secondary N) is 1. The first-order valence-electron chi connectivity index (χ1n) is 6.44. The molecule has 2 rings (SSSR count). The largest absolute Gasteiger partial charge is 0.326 e. The van der Waals surface area contributed by atoms with Crippen molar-refractivity contribution < 1.29 is 4.79 Å². The fourth-order valence-electron chi connectivity index (χ4n) is 2.15. The van der Waals surface area contributed by atoms with Crippen LogP contribution in [-0.2, 0) is 4.79 Å². The highest BCUT2D eigenvalue weighted by Gasteiger charge is 2.24. The summed E-state index contributed by atoms with van der Waals surface area (Å²) in [5.74, 6) is 1.06. The van der Waals surface area contributed by atoms with E-state index in [1.807, 2.05) is 6.07 Å². The normalized spacial score (nSPS) is 24.2. The maximum Gasteiger partial charge on any atom is 0.239 e. The number of carbonyl (C=O) groups excluding carboxylic acids is 1. The second kappa shape index (κ2) is 6.45. The molecule has 0 radical (unpaired) electrons. The van der Waals surface area contributed by atoms with E-state index in [2.05, 4.69) is 38.1 Å². The lowest BCUT2D eigenvalue weighted by molar-refractivity contribution is -0.117. The van der Waals surface area contributed by atoms with Crippen LogP contribution < -0.4 is 11.1 Å². The van der Waals surface area contributed by atoms with Gasteiger partial charge >= 0.3 is 0 Å². The molecule has 2 unspecified atom stereocenters. The molecule has 1 aliphatic heterocycles. The number of rotatable bonds is 3. The van der Waals surface area contributed by atoms with Crippen molar-refractivity contribution in [2.45, 2.75) is 19.4 Å². The third kappa shape index (κ3) is 4.26. The van der Waals surface area contributed by atoms with Crippen LogP contribution in [0.1, 0.15) is 13.3 Å². The van der Waals surface area contributed by atoms with Crippen molar-refractivity contribution in [3.63, 3.8) is 0 Å². The number of nitrogens with zero attached hydrogens (tertiary/aromatic N) is 2. The second-order valence-electron chi connectivity index (χ2n) is 5.07. The van der Waals surface area contributed by atoms with E-state index in [-0.39, 0.29) is 11.9 Å². The van der Waals surface area contributed by atoms with Crippen LogP contribution in [0.2, 0.25) is 0 Å². The fourth-order valence-corrected chi connectivity index (χ4v) is 2.38. The quantitative estimate of drug-likeness (QED) is 0.882. The molecule has 6 heteroatoms. The molecule has 19 heavy (non-hydrogen) atoms. The Labute approximate surface area is 121 Å². The number of anilines is 1. The van der Waals surface area contributed by atoms with E-state index in [1.165, 1.54) is 0 Å². The molecule has 0 aromatic carbocycles. The van der Waals surface area contributed by atoms with Gasteiger partial charge < -0.3 is 11.1 Å². The van der Waals surface area contributed by atoms with Crippen molar-refractivity contribution in [2.75, 3.05) is 25.0 Å². The topological polar surface area (TPSA) is 71.2 Å². The summed E-state index contributed by atoms with van der Waals surface area (Å²) in [4.78, 5) is 18.1. The zero-order valence-electron chi connectivity index (χ0n) is 11.0. The molecule has 0 aliphatic carbocycles. The number of likely N-dealkylation sites (tertiary alicyclic amines) is 1. The van der Waals surface area contributed by atoms with E-state index in [0.717, 1.165) is 24.0 Å². The summed E-state index contributed by atoms with van der Waals surface area (Å²) < 4.78 is 0.890. The Morgan fingerprint density at radius 1 is 1.63 bits per heavy atom. The van der Waals surface area contributed by atoms with Crippen LogP contribution in [0.3, 0.4) is 0 Å². The van der Waals surface area contributed by atoms with Crippen molar-refractivity contribution >= 4 is 27.7 Å². The lowest BCUT2D eigenvalue weighted by Crippen LogP contribution is -2.49. The fraction of sp³-hybridized carbons (Fsp3) is 0.538. The zero-order chi connectivity index (χ0) is 13.8. The molecule has 1 aliphatic rings. The Balaban J connectivity index is 1.83. The van der Waals surface area contributed by atoms with Crippen LogP contribution in [0.5, 0.6) is 0 Å². The first-order valence-corrected chi connectivity index (χ1v) is 7.23. The highest BCUT2D eigenvalue weighted by Crippen LogP contribution is 2.15. The molecule has 0 saturated carbocycles. The predicted octanol–water partition coefficient (Wildman–Crippen LogP) is 1.45. The van der Waals surface area contributed by atoms with E-state index in [1.54, 1.807) is 12.3 Å². The molecule has 1 fully saturated rings. The number of pyridine rings is 1. The monoisotopic (exact) mass is 326 g/mol. The summed E-state index contributed by atoms with van der Waals surface area (Å²) in [5, 5.41) is 2.79. The van der Waals surface area contributed by atoms with Crippen molar-refractivity contribution in [3.05, 3.63) is 22.8 Å². The first kappa shape index (κ1) is 14.4. The Kier molecular flexibility index (Phi) is 4.90. The second-order valence-corrected chi connectivity index (χ2v) is 5.99. The lowest BCUT2D eigenvalue weighted by atomic mass is 9.94. The van der Waals surface area contributed by atoms with Gasteiger partial charge in [0, 0.05) is 23.3 Å². The number of amides is 1. The van der Waals surface area contributed by atoms with Gasteiger partial charge in [0.1, 0.15) is 5.82 Å². The summed E-state index contributed by atoms with van der Waals surface area (Å²) in [6.07, 6.45) is 2.71. The highest BCUT2D eigenvalue weighted by atomic mass is 79.9. The van der Waals surface area contributed by atoms with Gasteiger partial charge in [-0.15, -0.1) is 0 Å². The molecule has 104 valence electrons. The number of halogens is 1. The van der Waals surface area contributed by atoms with E-state index in [9.17, 15) is 4.79 Å². The van der Waals surface area contributed by atoms with Crippen molar-refractivity contribution in [1.29, 1.82) is 0 Å². The van der Waals surface area contributed by atoms with Crippen LogP contribution >= 0.6 is 15.9 Å². The molecule has 5 nitrogen and oxygen atoms in total. The summed E-state index contributed by atoms with van der Waals surface area (Å²) in [7, 11) is 0. The van der Waals surface area contributed by atoms with Gasteiger partial charge in [-0.25, -0.2) is 4.98 Å². The highest BCUT2D eigenvalue weighted by molar-refractivity contribution is 9.10. The Hall–Kier alpha value is -0.980. The SMILES string of the molecule is CC1CCN(CC(=O)Nc2ccc(Br)cn2)CC1N. The zero-order valence-corrected chi connectivity index (χ0v) is 12.6. The molecule has 1 saturated heterocycles. The van der Waals surface area contributed by atoms with Crippen LogP contribution in [0.25, 0.3) is 0 Å². The van der Waals surface area contributed by atoms with E-state index < -0.39 is 0 Å². The summed E-state index contributed by atoms with van der Waals surface area (Å²) in [6, 6.07) is 3.78. The Bertz CT molecular complexity index is 437. The van der Waals surface area contributed by atoms with Crippen molar-refractivity contribution in [2.24, 2.45) is 11.7 Å². The summed E-state index contributed by atoms with van der Waals surface area (Å²) in [6.45, 7) is 4.24. The molecule has 2 atom stereocenters. The molecular weight excluding hydrogens is 308 g/mol. The van der Waals surface area contributed by atoms with Gasteiger partial charge in [0.05, 0.1) is 6.54 Å². The minimum absolute atomic E-state index is 0.0448. The number of piperidine rings is 1. The average molecular weight is 327 g/mol. The number of hydrogen-bond acceptors (Lipinski definition) is 4. The smallest absolute Gasteiger partial charge is 0.239 e. The van der Waals surface area contributed by atoms with Gasteiger partial charge in [-0.1, -0.05) is 6.92 Å². The average Bonchev–Trinajstić information content (AvgIpc) is 2.37. The van der Waals surface area contributed by atoms with Gasteiger partial charge in [-0.05, 0) is 46.9 Å². The number of hydrogen-bond donors (Lipinski definition) is 2. The summed E-state index contributed by atoms with van der Waals surface area (Å²) in [5.41, 5.74) is 6.02. The third-order valence-corrected chi connectivity index (χ3v) is 3.93. The standard InChI is InChI=1S/C13H19BrN4O/c1-9-4-5-18(7-11(9)15)8-13(19)17-12-3-2-10(14)6-16-12/h2-3,6,9,11H,4-5,7-8,15H2,1H3,(H,16,17,19). The summed E-state index contributed by atoms with van der Waals surface area (Å²) >= 11 is 3.31. The van der Waals surface area contributed by atoms with E-state index in [4.69, 9.17) is 5.73 Å². The van der Waals surface area contributed by atoms with Crippen molar-refractivity contribution in [1.82, 2.24) is 9.88 Å². The molecule has 1 aromatic heterocycles. The van der Waals surface area contributed by atoms with Gasteiger partial charge in [-0.2, -0.15) is 0 Å². The van der Waals surface area contributed by atoms with E-state index >= 15 is 0 Å². The van der Waals surface area contributed by atoms with Crippen LogP contribution in [0, 0.1) is 5.92 Å². The minimum Gasteiger partial charge on any atom is -0.326 e. The molecule has 1 amide bonds.